The second-order valence-corrected chi connectivity index (χ2v) is 4.42. The van der Waals surface area contributed by atoms with E-state index in [1.807, 2.05) is 0 Å². The molecule has 0 saturated carbocycles. The number of ether oxygens (including phenoxy) is 1. The van der Waals surface area contributed by atoms with Crippen LogP contribution in [0.25, 0.3) is 0 Å². The third kappa shape index (κ3) is 6.03. The number of nitrogens with one attached hydrogen (secondary N) is 1. The van der Waals surface area contributed by atoms with E-state index in [-0.39, 0.29) is 0 Å². The Balaban J connectivity index is 2.36. The van der Waals surface area contributed by atoms with Crippen LogP contribution < -0.4 is 10.2 Å². The number of nitrogens with zero attached hydrogens (tertiary/aromatic N) is 1. The maximum absolute atomic E-state index is 5.02. The van der Waals surface area contributed by atoms with Gasteiger partial charge in [-0.05, 0) is 18.6 Å². The van der Waals surface area contributed by atoms with E-state index in [2.05, 4.69) is 47.5 Å². The fourth-order valence-electron chi connectivity index (χ4n) is 1.87. The second kappa shape index (κ2) is 9.92. The Morgan fingerprint density at radius 3 is 2.56 bits per heavy atom. The van der Waals surface area contributed by atoms with Gasteiger partial charge in [0, 0.05) is 39.0 Å². The van der Waals surface area contributed by atoms with Crippen molar-refractivity contribution >= 4 is 5.69 Å². The maximum atomic E-state index is 5.02. The largest absolute Gasteiger partial charge is 0.383 e. The molecule has 0 amide bonds. The van der Waals surface area contributed by atoms with Crippen LogP contribution in [0.15, 0.2) is 30.3 Å². The van der Waals surface area contributed by atoms with Gasteiger partial charge in [-0.2, -0.15) is 0 Å². The molecule has 0 aliphatic heterocycles. The molecule has 3 heteroatoms. The molecular weight excluding hydrogens is 224 g/mol. The molecule has 0 fully saturated rings. The summed E-state index contributed by atoms with van der Waals surface area (Å²) in [5.41, 5.74) is 1.32. The summed E-state index contributed by atoms with van der Waals surface area (Å²) in [6.45, 7) is 7.12. The number of anilines is 1. The first-order valence-corrected chi connectivity index (χ1v) is 6.88. The minimum atomic E-state index is 0.778. The summed E-state index contributed by atoms with van der Waals surface area (Å²) < 4.78 is 5.02. The van der Waals surface area contributed by atoms with Crippen LogP contribution >= 0.6 is 0 Å². The first kappa shape index (κ1) is 15.0. The monoisotopic (exact) mass is 250 g/mol. The van der Waals surface area contributed by atoms with Crippen molar-refractivity contribution in [3.8, 4) is 0 Å². The van der Waals surface area contributed by atoms with Crippen LogP contribution in [0.2, 0.25) is 0 Å². The topological polar surface area (TPSA) is 24.5 Å². The molecule has 0 aliphatic carbocycles. The van der Waals surface area contributed by atoms with E-state index in [0.717, 1.165) is 32.8 Å². The summed E-state index contributed by atoms with van der Waals surface area (Å²) in [5.74, 6) is 0. The van der Waals surface area contributed by atoms with Gasteiger partial charge in [-0.25, -0.2) is 0 Å². The Labute approximate surface area is 111 Å². The standard InChI is InChI=1S/C15H26N2O/c1-3-4-12-17(13-10-16-11-14-18-2)15-8-6-5-7-9-15/h5-9,16H,3-4,10-14H2,1-2H3. The number of rotatable bonds is 10. The number of unbranched alkanes of at least 4 members (excludes halogenated alkanes) is 1. The molecule has 1 rings (SSSR count). The van der Waals surface area contributed by atoms with E-state index in [9.17, 15) is 0 Å². The normalized spacial score (nSPS) is 10.6. The molecule has 0 aromatic heterocycles. The zero-order valence-corrected chi connectivity index (χ0v) is 11.7. The molecule has 18 heavy (non-hydrogen) atoms. The third-order valence-electron chi connectivity index (χ3n) is 2.94. The Morgan fingerprint density at radius 2 is 1.89 bits per heavy atom. The van der Waals surface area contributed by atoms with Crippen molar-refractivity contribution in [3.05, 3.63) is 30.3 Å². The highest BCUT2D eigenvalue weighted by atomic mass is 16.5. The van der Waals surface area contributed by atoms with E-state index in [4.69, 9.17) is 4.74 Å². The predicted molar refractivity (Wildman–Crippen MR) is 78.3 cm³/mol. The Bertz CT molecular complexity index is 290. The highest BCUT2D eigenvalue weighted by Gasteiger charge is 2.04. The minimum absolute atomic E-state index is 0.778. The van der Waals surface area contributed by atoms with Crippen molar-refractivity contribution in [3.63, 3.8) is 0 Å². The highest BCUT2D eigenvalue weighted by molar-refractivity contribution is 5.45. The van der Waals surface area contributed by atoms with Gasteiger partial charge in [0.05, 0.1) is 6.61 Å². The first-order valence-electron chi connectivity index (χ1n) is 6.88. The van der Waals surface area contributed by atoms with Gasteiger partial charge in [0.2, 0.25) is 0 Å². The van der Waals surface area contributed by atoms with Crippen molar-refractivity contribution < 1.29 is 4.74 Å². The molecule has 3 nitrogen and oxygen atoms in total. The van der Waals surface area contributed by atoms with Crippen molar-refractivity contribution in [2.75, 3.05) is 44.8 Å². The zero-order chi connectivity index (χ0) is 13.1. The van der Waals surface area contributed by atoms with Crippen LogP contribution in [0, 0.1) is 0 Å². The average molecular weight is 250 g/mol. The molecule has 1 aromatic rings. The summed E-state index contributed by atoms with van der Waals surface area (Å²) in [6, 6.07) is 10.6. The van der Waals surface area contributed by atoms with E-state index in [0.29, 0.717) is 0 Å². The summed E-state index contributed by atoms with van der Waals surface area (Å²) >= 11 is 0. The fraction of sp³-hybridized carbons (Fsp3) is 0.600. The summed E-state index contributed by atoms with van der Waals surface area (Å²) in [6.07, 6.45) is 2.48. The lowest BCUT2D eigenvalue weighted by atomic mass is 10.2. The Morgan fingerprint density at radius 1 is 1.11 bits per heavy atom. The molecule has 1 aromatic carbocycles. The van der Waals surface area contributed by atoms with Crippen LogP contribution in [-0.2, 0) is 4.74 Å². The zero-order valence-electron chi connectivity index (χ0n) is 11.7. The van der Waals surface area contributed by atoms with Gasteiger partial charge in [-0.15, -0.1) is 0 Å². The number of methoxy groups -OCH3 is 1. The smallest absolute Gasteiger partial charge is 0.0587 e. The van der Waals surface area contributed by atoms with Crippen LogP contribution in [0.5, 0.6) is 0 Å². The number of para-hydroxylation sites is 1. The lowest BCUT2D eigenvalue weighted by molar-refractivity contribution is 0.200. The predicted octanol–water partition coefficient (Wildman–Crippen LogP) is 2.53. The molecule has 0 atom stereocenters. The highest BCUT2D eigenvalue weighted by Crippen LogP contribution is 2.13. The molecule has 0 heterocycles. The van der Waals surface area contributed by atoms with Gasteiger partial charge >= 0.3 is 0 Å². The number of hydrogen-bond acceptors (Lipinski definition) is 3. The van der Waals surface area contributed by atoms with Gasteiger partial charge < -0.3 is 15.0 Å². The molecule has 0 unspecified atom stereocenters. The van der Waals surface area contributed by atoms with Gasteiger partial charge in [0.15, 0.2) is 0 Å². The van der Waals surface area contributed by atoms with E-state index in [1.165, 1.54) is 18.5 Å². The Hall–Kier alpha value is -1.06. The molecule has 0 radical (unpaired) electrons. The average Bonchev–Trinajstić information content (AvgIpc) is 2.43. The van der Waals surface area contributed by atoms with E-state index in [1.54, 1.807) is 7.11 Å². The Kier molecular flexibility index (Phi) is 8.26. The number of benzene rings is 1. The third-order valence-corrected chi connectivity index (χ3v) is 2.94. The van der Waals surface area contributed by atoms with E-state index < -0.39 is 0 Å². The van der Waals surface area contributed by atoms with Crippen molar-refractivity contribution in [2.45, 2.75) is 19.8 Å². The summed E-state index contributed by atoms with van der Waals surface area (Å²) in [4.78, 5) is 2.45. The first-order chi connectivity index (χ1) is 8.88. The van der Waals surface area contributed by atoms with Gasteiger partial charge in [-0.1, -0.05) is 31.5 Å². The summed E-state index contributed by atoms with van der Waals surface area (Å²) in [7, 11) is 1.74. The number of hydrogen-bond donors (Lipinski definition) is 1. The lowest BCUT2D eigenvalue weighted by Crippen LogP contribution is -2.34. The van der Waals surface area contributed by atoms with Crippen LogP contribution in [0.4, 0.5) is 5.69 Å². The molecule has 102 valence electrons. The fourth-order valence-corrected chi connectivity index (χ4v) is 1.87. The molecule has 0 spiro atoms. The lowest BCUT2D eigenvalue weighted by Gasteiger charge is -2.25. The summed E-state index contributed by atoms with van der Waals surface area (Å²) in [5, 5.41) is 3.40. The second-order valence-electron chi connectivity index (χ2n) is 4.42. The van der Waals surface area contributed by atoms with Crippen LogP contribution in [-0.4, -0.2) is 39.9 Å². The SMILES string of the molecule is CCCCN(CCNCCOC)c1ccccc1. The van der Waals surface area contributed by atoms with Crippen LogP contribution in [0.3, 0.4) is 0 Å². The molecular formula is C15H26N2O. The van der Waals surface area contributed by atoms with Crippen molar-refractivity contribution in [1.82, 2.24) is 5.32 Å². The van der Waals surface area contributed by atoms with Gasteiger partial charge in [0.1, 0.15) is 0 Å². The van der Waals surface area contributed by atoms with Gasteiger partial charge in [0.25, 0.3) is 0 Å². The quantitative estimate of drug-likeness (QED) is 0.646. The molecule has 1 N–H and O–H groups in total. The van der Waals surface area contributed by atoms with Crippen LogP contribution in [0.1, 0.15) is 19.8 Å². The maximum Gasteiger partial charge on any atom is 0.0587 e. The van der Waals surface area contributed by atoms with E-state index >= 15 is 0 Å². The molecule has 0 aliphatic rings. The molecule has 0 saturated heterocycles. The minimum Gasteiger partial charge on any atom is -0.383 e. The van der Waals surface area contributed by atoms with Gasteiger partial charge in [-0.3, -0.25) is 0 Å². The molecule has 0 bridgehead atoms. The van der Waals surface area contributed by atoms with Crippen molar-refractivity contribution in [1.29, 1.82) is 0 Å². The van der Waals surface area contributed by atoms with Crippen molar-refractivity contribution in [2.24, 2.45) is 0 Å².